The van der Waals surface area contributed by atoms with Crippen LogP contribution in [0.25, 0.3) is 0 Å². The summed E-state index contributed by atoms with van der Waals surface area (Å²) in [6.07, 6.45) is 0. The molecule has 0 radical (unpaired) electrons. The second-order valence-corrected chi connectivity index (χ2v) is 6.67. The number of carbonyl (C=O) groups excluding carboxylic acids is 1. The van der Waals surface area contributed by atoms with E-state index in [9.17, 15) is 14.9 Å². The van der Waals surface area contributed by atoms with E-state index in [1.807, 2.05) is 6.92 Å². The summed E-state index contributed by atoms with van der Waals surface area (Å²) >= 11 is 2.60. The number of hydrogen-bond donors (Lipinski definition) is 2. The van der Waals surface area contributed by atoms with E-state index in [4.69, 9.17) is 0 Å². The van der Waals surface area contributed by atoms with Crippen LogP contribution in [0.2, 0.25) is 0 Å². The first-order valence-corrected chi connectivity index (χ1v) is 8.55. The number of anilines is 2. The van der Waals surface area contributed by atoms with Gasteiger partial charge in [-0.1, -0.05) is 35.2 Å². The van der Waals surface area contributed by atoms with Gasteiger partial charge in [0.1, 0.15) is 5.69 Å². The minimum atomic E-state index is -0.511. The van der Waals surface area contributed by atoms with Gasteiger partial charge >= 0.3 is 0 Å². The third-order valence-corrected chi connectivity index (χ3v) is 4.79. The first kappa shape index (κ1) is 17.2. The SMILES string of the molecule is CCNc1nnc(SCC(=O)Nc2c(C)cccc2[N+](=O)[O-])s1. The average Bonchev–Trinajstić information content (AvgIpc) is 2.95. The van der Waals surface area contributed by atoms with E-state index >= 15 is 0 Å². The number of carbonyl (C=O) groups is 1. The lowest BCUT2D eigenvalue weighted by Gasteiger charge is -2.08. The smallest absolute Gasteiger partial charge is 0.293 e. The molecule has 8 nitrogen and oxygen atoms in total. The molecule has 2 aromatic rings. The maximum Gasteiger partial charge on any atom is 0.293 e. The largest absolute Gasteiger partial charge is 0.360 e. The van der Waals surface area contributed by atoms with E-state index in [0.717, 1.165) is 6.54 Å². The first-order valence-electron chi connectivity index (χ1n) is 6.75. The number of thioether (sulfide) groups is 1. The Morgan fingerprint density at radius 1 is 1.43 bits per heavy atom. The van der Waals surface area contributed by atoms with Crippen molar-refractivity contribution in [1.82, 2.24) is 10.2 Å². The number of aromatic nitrogens is 2. The molecule has 1 aromatic heterocycles. The van der Waals surface area contributed by atoms with Crippen molar-refractivity contribution in [1.29, 1.82) is 0 Å². The van der Waals surface area contributed by atoms with E-state index in [0.29, 0.717) is 15.0 Å². The fourth-order valence-electron chi connectivity index (χ4n) is 1.76. The summed E-state index contributed by atoms with van der Waals surface area (Å²) in [5.41, 5.74) is 0.755. The summed E-state index contributed by atoms with van der Waals surface area (Å²) in [5, 5.41) is 25.3. The van der Waals surface area contributed by atoms with Gasteiger partial charge in [-0.2, -0.15) is 0 Å². The molecule has 1 amide bonds. The maximum atomic E-state index is 12.0. The van der Waals surface area contributed by atoms with Crippen molar-refractivity contribution in [3.8, 4) is 0 Å². The van der Waals surface area contributed by atoms with Crippen LogP contribution < -0.4 is 10.6 Å². The molecule has 0 spiro atoms. The molecule has 0 fully saturated rings. The van der Waals surface area contributed by atoms with Crippen molar-refractivity contribution in [2.24, 2.45) is 0 Å². The lowest BCUT2D eigenvalue weighted by molar-refractivity contribution is -0.384. The van der Waals surface area contributed by atoms with Gasteiger partial charge in [0.05, 0.1) is 10.7 Å². The number of nitrogens with zero attached hydrogens (tertiary/aromatic N) is 3. The van der Waals surface area contributed by atoms with Crippen molar-refractivity contribution in [3.05, 3.63) is 33.9 Å². The van der Waals surface area contributed by atoms with Gasteiger partial charge in [-0.3, -0.25) is 14.9 Å². The van der Waals surface area contributed by atoms with Crippen LogP contribution in [0.5, 0.6) is 0 Å². The summed E-state index contributed by atoms with van der Waals surface area (Å²) in [7, 11) is 0. The third kappa shape index (κ3) is 4.63. The molecular formula is C13H15N5O3S2. The predicted molar refractivity (Wildman–Crippen MR) is 91.3 cm³/mol. The Bertz CT molecular complexity index is 719. The molecule has 0 aliphatic heterocycles. The molecule has 0 bridgehead atoms. The number of hydrogen-bond acceptors (Lipinski definition) is 8. The molecule has 122 valence electrons. The number of benzene rings is 1. The molecule has 1 aromatic carbocycles. The molecule has 0 saturated heterocycles. The molecule has 23 heavy (non-hydrogen) atoms. The van der Waals surface area contributed by atoms with Crippen molar-refractivity contribution < 1.29 is 9.72 Å². The van der Waals surface area contributed by atoms with E-state index in [1.165, 1.54) is 29.2 Å². The zero-order valence-electron chi connectivity index (χ0n) is 12.5. The van der Waals surface area contributed by atoms with Crippen LogP contribution in [0.3, 0.4) is 0 Å². The normalized spacial score (nSPS) is 10.3. The predicted octanol–water partition coefficient (Wildman–Crippen LogP) is 2.92. The fourth-order valence-corrected chi connectivity index (χ4v) is 3.38. The second kappa shape index (κ2) is 7.88. The fraction of sp³-hybridized carbons (Fsp3) is 0.308. The molecule has 2 rings (SSSR count). The quantitative estimate of drug-likeness (QED) is 0.447. The second-order valence-electron chi connectivity index (χ2n) is 4.47. The van der Waals surface area contributed by atoms with E-state index in [2.05, 4.69) is 20.8 Å². The lowest BCUT2D eigenvalue weighted by Crippen LogP contribution is -2.16. The standard InChI is InChI=1S/C13H15N5O3S2/c1-3-14-12-16-17-13(23-12)22-7-10(19)15-11-8(2)5-4-6-9(11)18(20)21/h4-6H,3,7H2,1-2H3,(H,14,16)(H,15,19). The minimum absolute atomic E-state index is 0.103. The highest BCUT2D eigenvalue weighted by molar-refractivity contribution is 8.01. The molecule has 10 heteroatoms. The van der Waals surface area contributed by atoms with Crippen molar-refractivity contribution in [3.63, 3.8) is 0 Å². The summed E-state index contributed by atoms with van der Waals surface area (Å²) in [4.78, 5) is 22.5. The van der Waals surface area contributed by atoms with E-state index < -0.39 is 4.92 Å². The highest BCUT2D eigenvalue weighted by Gasteiger charge is 2.18. The Kier molecular flexibility index (Phi) is 5.88. The number of nitro groups is 1. The Labute approximate surface area is 140 Å². The lowest BCUT2D eigenvalue weighted by atomic mass is 10.1. The molecule has 0 aliphatic rings. The van der Waals surface area contributed by atoms with Crippen molar-refractivity contribution >= 4 is 45.5 Å². The Balaban J connectivity index is 1.98. The number of aryl methyl sites for hydroxylation is 1. The Morgan fingerprint density at radius 3 is 2.91 bits per heavy atom. The number of amides is 1. The van der Waals surface area contributed by atoms with Gasteiger partial charge in [-0.05, 0) is 19.4 Å². The van der Waals surface area contributed by atoms with Gasteiger partial charge in [-0.15, -0.1) is 10.2 Å². The maximum absolute atomic E-state index is 12.0. The van der Waals surface area contributed by atoms with Gasteiger partial charge in [0.2, 0.25) is 11.0 Å². The zero-order valence-corrected chi connectivity index (χ0v) is 14.2. The van der Waals surface area contributed by atoms with Crippen LogP contribution in [0.1, 0.15) is 12.5 Å². The number of nitrogens with one attached hydrogen (secondary N) is 2. The van der Waals surface area contributed by atoms with Crippen LogP contribution in [0.4, 0.5) is 16.5 Å². The van der Waals surface area contributed by atoms with Gasteiger partial charge in [0.15, 0.2) is 4.34 Å². The van der Waals surface area contributed by atoms with Crippen LogP contribution in [0.15, 0.2) is 22.5 Å². The number of nitro benzene ring substituents is 1. The van der Waals surface area contributed by atoms with Gasteiger partial charge in [-0.25, -0.2) is 0 Å². The summed E-state index contributed by atoms with van der Waals surface area (Å²) in [6, 6.07) is 4.66. The number of rotatable bonds is 7. The zero-order chi connectivity index (χ0) is 16.8. The number of para-hydroxylation sites is 1. The van der Waals surface area contributed by atoms with Crippen LogP contribution in [-0.4, -0.2) is 33.3 Å². The monoisotopic (exact) mass is 353 g/mol. The molecular weight excluding hydrogens is 338 g/mol. The summed E-state index contributed by atoms with van der Waals surface area (Å²) < 4.78 is 0.662. The molecule has 0 saturated carbocycles. The van der Waals surface area contributed by atoms with Gasteiger partial charge < -0.3 is 10.6 Å². The van der Waals surface area contributed by atoms with Crippen LogP contribution in [0, 0.1) is 17.0 Å². The summed E-state index contributed by atoms with van der Waals surface area (Å²) in [5.74, 6) is -0.223. The van der Waals surface area contributed by atoms with E-state index in [-0.39, 0.29) is 23.0 Å². The topological polar surface area (TPSA) is 110 Å². The van der Waals surface area contributed by atoms with Gasteiger partial charge in [0, 0.05) is 12.6 Å². The Hall–Kier alpha value is -2.20. The average molecular weight is 353 g/mol. The van der Waals surface area contributed by atoms with Crippen LogP contribution >= 0.6 is 23.1 Å². The van der Waals surface area contributed by atoms with Crippen molar-refractivity contribution in [2.75, 3.05) is 22.9 Å². The Morgan fingerprint density at radius 2 is 2.22 bits per heavy atom. The molecule has 0 aliphatic carbocycles. The minimum Gasteiger partial charge on any atom is -0.360 e. The van der Waals surface area contributed by atoms with E-state index in [1.54, 1.807) is 19.1 Å². The van der Waals surface area contributed by atoms with Crippen LogP contribution in [-0.2, 0) is 4.79 Å². The highest BCUT2D eigenvalue weighted by Crippen LogP contribution is 2.29. The summed E-state index contributed by atoms with van der Waals surface area (Å²) in [6.45, 7) is 4.41. The van der Waals surface area contributed by atoms with Crippen molar-refractivity contribution in [2.45, 2.75) is 18.2 Å². The molecule has 0 unspecified atom stereocenters. The molecule has 0 atom stereocenters. The molecule has 1 heterocycles. The first-order chi connectivity index (χ1) is 11.0. The molecule has 2 N–H and O–H groups in total. The van der Waals surface area contributed by atoms with Gasteiger partial charge in [0.25, 0.3) is 5.69 Å². The third-order valence-electron chi connectivity index (χ3n) is 2.77. The highest BCUT2D eigenvalue weighted by atomic mass is 32.2.